The molecule has 0 bridgehead atoms. The van der Waals surface area contributed by atoms with Crippen LogP contribution in [0.2, 0.25) is 0 Å². The van der Waals surface area contributed by atoms with Gasteiger partial charge in [0.15, 0.2) is 4.90 Å². The minimum atomic E-state index is -3.96. The van der Waals surface area contributed by atoms with Gasteiger partial charge >= 0.3 is 5.69 Å². The van der Waals surface area contributed by atoms with Crippen LogP contribution in [0.15, 0.2) is 20.7 Å². The van der Waals surface area contributed by atoms with Crippen molar-refractivity contribution in [3.63, 3.8) is 0 Å². The highest BCUT2D eigenvalue weighted by atomic mass is 32.2. The number of nitrogens with zero attached hydrogens (tertiary/aromatic N) is 1. The molecule has 8 nitrogen and oxygen atoms in total. The number of hydrogen-bond acceptors (Lipinski definition) is 5. The number of aliphatic hydroxyl groups is 1. The number of rotatable bonds is 2. The average molecular weight is 289 g/mol. The van der Waals surface area contributed by atoms with Crippen molar-refractivity contribution in [1.82, 2.24) is 14.3 Å². The molecular formula is C10H15N3O5S. The minimum absolute atomic E-state index is 0.141. The summed E-state index contributed by atoms with van der Waals surface area (Å²) >= 11 is 0. The summed E-state index contributed by atoms with van der Waals surface area (Å²) in [4.78, 5) is 26.0. The van der Waals surface area contributed by atoms with Crippen molar-refractivity contribution >= 4 is 10.0 Å². The molecule has 2 unspecified atom stereocenters. The Morgan fingerprint density at radius 3 is 2.68 bits per heavy atom. The van der Waals surface area contributed by atoms with Crippen LogP contribution in [0, 0.1) is 5.92 Å². The Morgan fingerprint density at radius 1 is 1.42 bits per heavy atom. The molecule has 2 heterocycles. The molecule has 19 heavy (non-hydrogen) atoms. The van der Waals surface area contributed by atoms with Crippen molar-refractivity contribution in [1.29, 1.82) is 0 Å². The van der Waals surface area contributed by atoms with Crippen LogP contribution in [0.5, 0.6) is 0 Å². The molecule has 1 aromatic heterocycles. The molecule has 1 aliphatic heterocycles. The molecular weight excluding hydrogens is 274 g/mol. The molecule has 0 saturated carbocycles. The van der Waals surface area contributed by atoms with E-state index in [1.807, 2.05) is 4.98 Å². The van der Waals surface area contributed by atoms with Crippen LogP contribution < -0.4 is 11.2 Å². The van der Waals surface area contributed by atoms with Crippen LogP contribution in [0.1, 0.15) is 13.3 Å². The number of aliphatic hydroxyl groups excluding tert-OH is 1. The molecule has 3 N–H and O–H groups in total. The van der Waals surface area contributed by atoms with E-state index in [1.54, 1.807) is 6.92 Å². The van der Waals surface area contributed by atoms with E-state index in [1.165, 1.54) is 0 Å². The highest BCUT2D eigenvalue weighted by Gasteiger charge is 2.34. The fourth-order valence-electron chi connectivity index (χ4n) is 2.04. The van der Waals surface area contributed by atoms with Gasteiger partial charge in [0.2, 0.25) is 10.0 Å². The second-order valence-electron chi connectivity index (χ2n) is 4.63. The maximum Gasteiger partial charge on any atom is 0.325 e. The molecule has 0 aromatic carbocycles. The predicted molar refractivity (Wildman–Crippen MR) is 66.2 cm³/mol. The lowest BCUT2D eigenvalue weighted by molar-refractivity contribution is 0.0628. The van der Waals surface area contributed by atoms with E-state index in [4.69, 9.17) is 0 Å². The van der Waals surface area contributed by atoms with Crippen molar-refractivity contribution in [2.24, 2.45) is 5.92 Å². The smallest absolute Gasteiger partial charge is 0.325 e. The Labute approximate surface area is 109 Å². The van der Waals surface area contributed by atoms with Crippen LogP contribution in [-0.2, 0) is 10.0 Å². The number of aromatic nitrogens is 2. The number of sulfonamides is 1. The summed E-state index contributed by atoms with van der Waals surface area (Å²) in [6.07, 6.45) is 0.675. The highest BCUT2D eigenvalue weighted by Crippen LogP contribution is 2.21. The molecule has 9 heteroatoms. The van der Waals surface area contributed by atoms with Crippen molar-refractivity contribution in [2.45, 2.75) is 24.3 Å². The molecule has 1 aliphatic rings. The van der Waals surface area contributed by atoms with Crippen molar-refractivity contribution in [2.75, 3.05) is 13.1 Å². The normalized spacial score (nSPS) is 25.4. The van der Waals surface area contributed by atoms with Gasteiger partial charge in [-0.3, -0.25) is 9.78 Å². The molecule has 0 radical (unpaired) electrons. The predicted octanol–water partition coefficient (Wildman–Crippen LogP) is -1.55. The standard InChI is InChI=1S/C10H15N3O5S/c1-6-5-13(3-2-7(6)14)19(17,18)8-4-11-10(16)12-9(8)15/h4,6-7,14H,2-3,5H2,1H3,(H2,11,12,15,16). The van der Waals surface area contributed by atoms with E-state index in [9.17, 15) is 23.1 Å². The van der Waals surface area contributed by atoms with Gasteiger partial charge in [-0.2, -0.15) is 4.31 Å². The minimum Gasteiger partial charge on any atom is -0.393 e. The summed E-state index contributed by atoms with van der Waals surface area (Å²) in [6.45, 7) is 2.03. The molecule has 106 valence electrons. The highest BCUT2D eigenvalue weighted by molar-refractivity contribution is 7.89. The first-order valence-electron chi connectivity index (χ1n) is 5.82. The quantitative estimate of drug-likeness (QED) is 0.608. The third-order valence-corrected chi connectivity index (χ3v) is 5.10. The maximum atomic E-state index is 12.3. The van der Waals surface area contributed by atoms with Crippen LogP contribution >= 0.6 is 0 Å². The van der Waals surface area contributed by atoms with Crippen LogP contribution in [0.25, 0.3) is 0 Å². The van der Waals surface area contributed by atoms with Crippen LogP contribution in [-0.4, -0.2) is 47.0 Å². The lowest BCUT2D eigenvalue weighted by Gasteiger charge is -2.33. The lowest BCUT2D eigenvalue weighted by atomic mass is 9.99. The summed E-state index contributed by atoms with van der Waals surface area (Å²) < 4.78 is 25.7. The zero-order valence-corrected chi connectivity index (χ0v) is 11.1. The Bertz CT molecular complexity index is 677. The van der Waals surface area contributed by atoms with Gasteiger partial charge in [-0.25, -0.2) is 13.2 Å². The number of H-pyrrole nitrogens is 2. The lowest BCUT2D eigenvalue weighted by Crippen LogP contribution is -2.46. The first-order valence-corrected chi connectivity index (χ1v) is 7.26. The zero-order valence-electron chi connectivity index (χ0n) is 10.3. The third-order valence-electron chi connectivity index (χ3n) is 3.23. The SMILES string of the molecule is CC1CN(S(=O)(=O)c2c[nH]c(=O)[nH]c2=O)CCC1O. The summed E-state index contributed by atoms with van der Waals surface area (Å²) in [5, 5.41) is 9.59. The molecule has 1 fully saturated rings. The van der Waals surface area contributed by atoms with Gasteiger partial charge in [0.1, 0.15) is 0 Å². The van der Waals surface area contributed by atoms with Crippen LogP contribution in [0.4, 0.5) is 0 Å². The average Bonchev–Trinajstić information content (AvgIpc) is 2.32. The van der Waals surface area contributed by atoms with Crippen molar-refractivity contribution < 1.29 is 13.5 Å². The van der Waals surface area contributed by atoms with Crippen molar-refractivity contribution in [3.8, 4) is 0 Å². The van der Waals surface area contributed by atoms with Crippen molar-refractivity contribution in [3.05, 3.63) is 27.0 Å². The van der Waals surface area contributed by atoms with Gasteiger partial charge in [-0.1, -0.05) is 6.92 Å². The van der Waals surface area contributed by atoms with E-state index >= 15 is 0 Å². The Balaban J connectivity index is 2.38. The van der Waals surface area contributed by atoms with Gasteiger partial charge in [0.05, 0.1) is 6.10 Å². The topological polar surface area (TPSA) is 123 Å². The Kier molecular flexibility index (Phi) is 3.61. The first kappa shape index (κ1) is 14.0. The summed E-state index contributed by atoms with van der Waals surface area (Å²) in [5.74, 6) is -0.203. The van der Waals surface area contributed by atoms with E-state index < -0.39 is 32.3 Å². The fourth-order valence-corrected chi connectivity index (χ4v) is 3.59. The largest absolute Gasteiger partial charge is 0.393 e. The molecule has 1 saturated heterocycles. The number of hydrogen-bond donors (Lipinski definition) is 3. The second-order valence-corrected chi connectivity index (χ2v) is 6.54. The molecule has 0 aliphatic carbocycles. The molecule has 0 spiro atoms. The van der Waals surface area contributed by atoms with Gasteiger partial charge < -0.3 is 10.1 Å². The van der Waals surface area contributed by atoms with E-state index in [2.05, 4.69) is 4.98 Å². The zero-order chi connectivity index (χ0) is 14.2. The van der Waals surface area contributed by atoms with Gasteiger partial charge in [-0.05, 0) is 12.3 Å². The van der Waals surface area contributed by atoms with Crippen LogP contribution in [0.3, 0.4) is 0 Å². The Hall–Kier alpha value is -1.45. The fraction of sp³-hybridized carbons (Fsp3) is 0.600. The number of piperidine rings is 1. The van der Waals surface area contributed by atoms with Gasteiger partial charge in [0, 0.05) is 19.3 Å². The summed E-state index contributed by atoms with van der Waals surface area (Å²) in [6, 6.07) is 0. The molecule has 0 amide bonds. The summed E-state index contributed by atoms with van der Waals surface area (Å²) in [5.41, 5.74) is -1.70. The number of nitrogens with one attached hydrogen (secondary N) is 2. The van der Waals surface area contributed by atoms with Gasteiger partial charge in [-0.15, -0.1) is 0 Å². The Morgan fingerprint density at radius 2 is 2.11 bits per heavy atom. The van der Waals surface area contributed by atoms with E-state index in [0.29, 0.717) is 6.42 Å². The first-order chi connectivity index (χ1) is 8.82. The van der Waals surface area contributed by atoms with E-state index in [0.717, 1.165) is 10.5 Å². The molecule has 2 atom stereocenters. The molecule has 2 rings (SSSR count). The van der Waals surface area contributed by atoms with Gasteiger partial charge in [0.25, 0.3) is 5.56 Å². The maximum absolute atomic E-state index is 12.3. The summed E-state index contributed by atoms with van der Waals surface area (Å²) in [7, 11) is -3.96. The monoisotopic (exact) mass is 289 g/mol. The third kappa shape index (κ3) is 2.62. The molecule has 1 aromatic rings. The van der Waals surface area contributed by atoms with E-state index in [-0.39, 0.29) is 19.0 Å². The second kappa shape index (κ2) is 4.91. The number of aromatic amines is 2.